The molecule has 0 saturated heterocycles. The Kier molecular flexibility index (Phi) is 6.90. The fourth-order valence-electron chi connectivity index (χ4n) is 0.255. The first-order chi connectivity index (χ1) is 3.41. The van der Waals surface area contributed by atoms with Crippen molar-refractivity contribution in [2.24, 2.45) is 0 Å². The first-order valence-electron chi connectivity index (χ1n) is 2.39. The zero-order valence-corrected chi connectivity index (χ0v) is 6.16. The Balaban J connectivity index is 2.45. The van der Waals surface area contributed by atoms with Gasteiger partial charge in [0.15, 0.2) is 0 Å². The highest BCUT2D eigenvalue weighted by atomic mass is 35.6. The molecule has 0 unspecified atom stereocenters. The lowest BCUT2D eigenvalue weighted by atomic mass is 10.4. The first kappa shape index (κ1) is 7.47. The molecule has 0 aromatic rings. The average molecular weight is 137 g/mol. The topological polar surface area (TPSA) is 9.23 Å². The van der Waals surface area contributed by atoms with Crippen LogP contribution in [0.2, 0.25) is 0 Å². The summed E-state index contributed by atoms with van der Waals surface area (Å²) in [5.74, 6) is 0. The van der Waals surface area contributed by atoms with E-state index in [0.29, 0.717) is 0 Å². The summed E-state index contributed by atoms with van der Waals surface area (Å²) >= 11 is 5.24. The molecule has 0 saturated carbocycles. The lowest BCUT2D eigenvalue weighted by Gasteiger charge is -1.92. The van der Waals surface area contributed by atoms with E-state index in [2.05, 4.69) is 6.92 Å². The number of unbranched alkanes of at least 4 members (excludes halogenated alkanes) is 1. The van der Waals surface area contributed by atoms with E-state index in [1.807, 2.05) is 0 Å². The maximum Gasteiger partial charge on any atom is 0.356 e. The molecule has 0 aliphatic heterocycles. The minimum Gasteiger partial charge on any atom is -0.403 e. The smallest absolute Gasteiger partial charge is 0.356 e. The van der Waals surface area contributed by atoms with Gasteiger partial charge in [0, 0.05) is 6.61 Å². The van der Waals surface area contributed by atoms with Crippen LogP contribution in [-0.4, -0.2) is 15.7 Å². The van der Waals surface area contributed by atoms with Crippen LogP contribution in [0.5, 0.6) is 0 Å². The molecular formula is C4H9ClOSi. The molecule has 0 heterocycles. The molecule has 0 aromatic carbocycles. The lowest BCUT2D eigenvalue weighted by molar-refractivity contribution is 0.335. The molecule has 0 N–H and O–H groups in total. The summed E-state index contributed by atoms with van der Waals surface area (Å²) in [5.41, 5.74) is 0. The van der Waals surface area contributed by atoms with Crippen molar-refractivity contribution in [1.29, 1.82) is 0 Å². The van der Waals surface area contributed by atoms with Crippen LogP contribution in [0.25, 0.3) is 0 Å². The highest BCUT2D eigenvalue weighted by Gasteiger charge is 1.82. The van der Waals surface area contributed by atoms with E-state index in [1.165, 1.54) is 6.42 Å². The second-order valence-electron chi connectivity index (χ2n) is 1.28. The van der Waals surface area contributed by atoms with Crippen LogP contribution >= 0.6 is 11.1 Å². The average Bonchev–Trinajstić information content (AvgIpc) is 1.69. The molecule has 0 fully saturated rings. The molecule has 0 aromatic heterocycles. The quantitative estimate of drug-likeness (QED) is 0.324. The summed E-state index contributed by atoms with van der Waals surface area (Å²) in [7, 11) is 0.140. The predicted molar refractivity (Wildman–Crippen MR) is 32.5 cm³/mol. The molecular weight excluding hydrogens is 128 g/mol. The first-order valence-corrected chi connectivity index (χ1v) is 4.31. The summed E-state index contributed by atoms with van der Waals surface area (Å²) in [5, 5.41) is 0. The van der Waals surface area contributed by atoms with E-state index >= 15 is 0 Å². The van der Waals surface area contributed by atoms with Crippen molar-refractivity contribution in [3.8, 4) is 0 Å². The van der Waals surface area contributed by atoms with Gasteiger partial charge in [-0.3, -0.25) is 0 Å². The molecule has 0 rings (SSSR count). The van der Waals surface area contributed by atoms with Gasteiger partial charge in [0.05, 0.1) is 0 Å². The van der Waals surface area contributed by atoms with Gasteiger partial charge in [-0.15, -0.1) is 11.1 Å². The third kappa shape index (κ3) is 6.47. The zero-order valence-electron chi connectivity index (χ0n) is 4.41. The molecule has 7 heavy (non-hydrogen) atoms. The zero-order chi connectivity index (χ0) is 5.54. The van der Waals surface area contributed by atoms with Crippen molar-refractivity contribution >= 4 is 20.2 Å². The Hall–Kier alpha value is 0.467. The van der Waals surface area contributed by atoms with E-state index in [9.17, 15) is 0 Å². The normalized spacial score (nSPS) is 9.43. The number of halogens is 1. The highest BCUT2D eigenvalue weighted by Crippen LogP contribution is 1.86. The number of rotatable bonds is 4. The van der Waals surface area contributed by atoms with Crippen molar-refractivity contribution in [3.05, 3.63) is 0 Å². The fraction of sp³-hybridized carbons (Fsp3) is 1.00. The maximum absolute atomic E-state index is 5.24. The van der Waals surface area contributed by atoms with E-state index in [-0.39, 0.29) is 9.07 Å². The van der Waals surface area contributed by atoms with E-state index in [0.717, 1.165) is 13.0 Å². The Morgan fingerprint density at radius 2 is 2.43 bits per heavy atom. The van der Waals surface area contributed by atoms with Crippen LogP contribution < -0.4 is 0 Å². The molecule has 3 heteroatoms. The van der Waals surface area contributed by atoms with Gasteiger partial charge in [0.25, 0.3) is 0 Å². The molecule has 0 aliphatic carbocycles. The molecule has 42 valence electrons. The molecule has 1 nitrogen and oxygen atoms in total. The predicted octanol–water partition coefficient (Wildman–Crippen LogP) is 1.58. The lowest BCUT2D eigenvalue weighted by Crippen LogP contribution is -1.92. The second kappa shape index (κ2) is 6.47. The van der Waals surface area contributed by atoms with Crippen LogP contribution in [0.15, 0.2) is 0 Å². The fourth-order valence-corrected chi connectivity index (χ4v) is 0.708. The third-order valence-corrected chi connectivity index (χ3v) is 1.30. The summed E-state index contributed by atoms with van der Waals surface area (Å²) in [6, 6.07) is 0. The van der Waals surface area contributed by atoms with Gasteiger partial charge in [0.2, 0.25) is 0 Å². The minimum atomic E-state index is 0.140. The van der Waals surface area contributed by atoms with Crippen LogP contribution in [0.3, 0.4) is 0 Å². The highest BCUT2D eigenvalue weighted by molar-refractivity contribution is 6.89. The van der Waals surface area contributed by atoms with Gasteiger partial charge in [-0.05, 0) is 6.42 Å². The third-order valence-electron chi connectivity index (χ3n) is 0.655. The van der Waals surface area contributed by atoms with Gasteiger partial charge in [-0.2, -0.15) is 0 Å². The molecule has 0 atom stereocenters. The molecule has 0 aliphatic rings. The summed E-state index contributed by atoms with van der Waals surface area (Å²) in [6.45, 7) is 2.94. The monoisotopic (exact) mass is 136 g/mol. The van der Waals surface area contributed by atoms with Crippen molar-refractivity contribution in [2.75, 3.05) is 6.61 Å². The van der Waals surface area contributed by atoms with Gasteiger partial charge in [0.1, 0.15) is 0 Å². The molecule has 0 bridgehead atoms. The van der Waals surface area contributed by atoms with Crippen molar-refractivity contribution < 1.29 is 4.43 Å². The van der Waals surface area contributed by atoms with Crippen LogP contribution in [0.1, 0.15) is 19.8 Å². The van der Waals surface area contributed by atoms with E-state index in [1.54, 1.807) is 0 Å². The van der Waals surface area contributed by atoms with E-state index in [4.69, 9.17) is 15.5 Å². The van der Waals surface area contributed by atoms with Gasteiger partial charge in [-0.1, -0.05) is 13.3 Å². The largest absolute Gasteiger partial charge is 0.403 e. The van der Waals surface area contributed by atoms with Crippen LogP contribution in [0, 0.1) is 0 Å². The minimum absolute atomic E-state index is 0.140. The number of hydrogen-bond donors (Lipinski definition) is 0. The van der Waals surface area contributed by atoms with Gasteiger partial charge in [-0.25, -0.2) is 0 Å². The SMILES string of the molecule is CCCCO[Si]Cl. The molecule has 0 spiro atoms. The van der Waals surface area contributed by atoms with Crippen molar-refractivity contribution in [2.45, 2.75) is 19.8 Å². The Bertz CT molecular complexity index is 30.9. The maximum atomic E-state index is 5.24. The molecule has 0 amide bonds. The second-order valence-corrected chi connectivity index (χ2v) is 2.19. The van der Waals surface area contributed by atoms with Crippen LogP contribution in [0.4, 0.5) is 0 Å². The Morgan fingerprint density at radius 1 is 1.71 bits per heavy atom. The Morgan fingerprint density at radius 3 is 2.86 bits per heavy atom. The summed E-state index contributed by atoms with van der Waals surface area (Å²) < 4.78 is 4.87. The van der Waals surface area contributed by atoms with Crippen molar-refractivity contribution in [1.82, 2.24) is 0 Å². The standard InChI is InChI=1S/C4H9ClOSi/c1-2-3-4-6-7-5/h2-4H2,1H3. The van der Waals surface area contributed by atoms with Gasteiger partial charge >= 0.3 is 9.07 Å². The molecule has 2 radical (unpaired) electrons. The number of hydrogen-bond acceptors (Lipinski definition) is 1. The summed E-state index contributed by atoms with van der Waals surface area (Å²) in [6.07, 6.45) is 2.31. The van der Waals surface area contributed by atoms with E-state index < -0.39 is 0 Å². The van der Waals surface area contributed by atoms with Gasteiger partial charge < -0.3 is 4.43 Å². The van der Waals surface area contributed by atoms with Crippen molar-refractivity contribution in [3.63, 3.8) is 0 Å². The van der Waals surface area contributed by atoms with Crippen LogP contribution in [-0.2, 0) is 4.43 Å². The Labute approximate surface area is 51.7 Å². The summed E-state index contributed by atoms with van der Waals surface area (Å²) in [4.78, 5) is 0.